The van der Waals surface area contributed by atoms with Gasteiger partial charge in [0.25, 0.3) is 5.91 Å². The first-order valence-corrected chi connectivity index (χ1v) is 5.57. The highest BCUT2D eigenvalue weighted by Gasteiger charge is 2.12. The summed E-state index contributed by atoms with van der Waals surface area (Å²) in [4.78, 5) is 15.1. The first-order chi connectivity index (χ1) is 7.69. The second-order valence-electron chi connectivity index (χ2n) is 3.73. The Hall–Kier alpha value is -1.45. The lowest BCUT2D eigenvalue weighted by atomic mass is 10.0. The third-order valence-corrected chi connectivity index (χ3v) is 2.71. The van der Waals surface area contributed by atoms with E-state index < -0.39 is 11.9 Å². The lowest BCUT2D eigenvalue weighted by molar-refractivity contribution is 0.0941. The number of aromatic nitrogens is 1. The van der Waals surface area contributed by atoms with Gasteiger partial charge in [0.2, 0.25) is 5.95 Å². The molecule has 0 spiro atoms. The molecular formula is C12H17FN2O. The fourth-order valence-electron chi connectivity index (χ4n) is 1.47. The number of rotatable bonds is 5. The summed E-state index contributed by atoms with van der Waals surface area (Å²) in [6, 6.07) is 2.99. The van der Waals surface area contributed by atoms with Gasteiger partial charge in [-0.25, -0.2) is 4.98 Å². The zero-order chi connectivity index (χ0) is 12.0. The predicted octanol–water partition coefficient (Wildman–Crippen LogP) is 2.39. The molecule has 0 aliphatic heterocycles. The van der Waals surface area contributed by atoms with Gasteiger partial charge in [0.05, 0.1) is 5.56 Å². The molecule has 3 nitrogen and oxygen atoms in total. The molecule has 0 radical (unpaired) electrons. The van der Waals surface area contributed by atoms with E-state index in [1.807, 2.05) is 0 Å². The van der Waals surface area contributed by atoms with E-state index in [0.29, 0.717) is 12.5 Å². The van der Waals surface area contributed by atoms with Crippen LogP contribution in [-0.2, 0) is 0 Å². The van der Waals surface area contributed by atoms with Crippen molar-refractivity contribution in [2.24, 2.45) is 5.92 Å². The van der Waals surface area contributed by atoms with E-state index in [1.54, 1.807) is 6.07 Å². The maximum absolute atomic E-state index is 13.2. The van der Waals surface area contributed by atoms with Crippen molar-refractivity contribution in [3.63, 3.8) is 0 Å². The van der Waals surface area contributed by atoms with Gasteiger partial charge in [0.15, 0.2) is 0 Å². The Kier molecular flexibility index (Phi) is 4.89. The highest BCUT2D eigenvalue weighted by molar-refractivity contribution is 5.94. The molecule has 0 unspecified atom stereocenters. The van der Waals surface area contributed by atoms with E-state index >= 15 is 0 Å². The lowest BCUT2D eigenvalue weighted by Crippen LogP contribution is -2.29. The molecule has 0 bridgehead atoms. The maximum Gasteiger partial charge on any atom is 0.255 e. The second kappa shape index (κ2) is 6.20. The summed E-state index contributed by atoms with van der Waals surface area (Å²) in [5, 5.41) is 2.72. The van der Waals surface area contributed by atoms with Crippen molar-refractivity contribution in [2.45, 2.75) is 26.7 Å². The van der Waals surface area contributed by atoms with Gasteiger partial charge in [-0.3, -0.25) is 4.79 Å². The van der Waals surface area contributed by atoms with Gasteiger partial charge in [0, 0.05) is 12.7 Å². The largest absolute Gasteiger partial charge is 0.352 e. The van der Waals surface area contributed by atoms with Gasteiger partial charge in [-0.2, -0.15) is 4.39 Å². The minimum Gasteiger partial charge on any atom is -0.352 e. The molecule has 88 valence electrons. The minimum absolute atomic E-state index is 0.00783. The summed E-state index contributed by atoms with van der Waals surface area (Å²) in [6.07, 6.45) is 3.34. The van der Waals surface area contributed by atoms with Crippen molar-refractivity contribution in [1.82, 2.24) is 10.3 Å². The third kappa shape index (κ3) is 3.29. The zero-order valence-electron chi connectivity index (χ0n) is 9.66. The van der Waals surface area contributed by atoms with Crippen LogP contribution in [0.1, 0.15) is 37.0 Å². The molecule has 1 heterocycles. The quantitative estimate of drug-likeness (QED) is 0.780. The van der Waals surface area contributed by atoms with Gasteiger partial charge in [-0.15, -0.1) is 0 Å². The average molecular weight is 224 g/mol. The Morgan fingerprint density at radius 2 is 2.19 bits per heavy atom. The van der Waals surface area contributed by atoms with E-state index in [2.05, 4.69) is 24.1 Å². The molecule has 0 aromatic carbocycles. The van der Waals surface area contributed by atoms with Crippen molar-refractivity contribution in [3.05, 3.63) is 29.8 Å². The molecule has 0 atom stereocenters. The van der Waals surface area contributed by atoms with Gasteiger partial charge >= 0.3 is 0 Å². The molecule has 1 N–H and O–H groups in total. The van der Waals surface area contributed by atoms with Crippen molar-refractivity contribution < 1.29 is 9.18 Å². The number of carbonyl (C=O) groups is 1. The van der Waals surface area contributed by atoms with Crippen LogP contribution < -0.4 is 5.32 Å². The number of nitrogens with zero attached hydrogens (tertiary/aromatic N) is 1. The number of amides is 1. The number of carbonyl (C=O) groups excluding carboxylic acids is 1. The van der Waals surface area contributed by atoms with Crippen LogP contribution in [0.4, 0.5) is 4.39 Å². The van der Waals surface area contributed by atoms with Crippen molar-refractivity contribution in [3.8, 4) is 0 Å². The van der Waals surface area contributed by atoms with Gasteiger partial charge < -0.3 is 5.32 Å². The summed E-state index contributed by atoms with van der Waals surface area (Å²) < 4.78 is 13.2. The monoisotopic (exact) mass is 224 g/mol. The van der Waals surface area contributed by atoms with E-state index in [0.717, 1.165) is 12.8 Å². The summed E-state index contributed by atoms with van der Waals surface area (Å²) in [5.74, 6) is -0.661. The Morgan fingerprint density at radius 3 is 2.75 bits per heavy atom. The Morgan fingerprint density at radius 1 is 1.50 bits per heavy atom. The molecule has 0 aliphatic carbocycles. The number of nitrogens with one attached hydrogen (secondary N) is 1. The van der Waals surface area contributed by atoms with Crippen LogP contribution in [0.5, 0.6) is 0 Å². The van der Waals surface area contributed by atoms with Crippen LogP contribution >= 0.6 is 0 Å². The first kappa shape index (κ1) is 12.6. The summed E-state index contributed by atoms with van der Waals surface area (Å²) in [7, 11) is 0. The zero-order valence-corrected chi connectivity index (χ0v) is 9.66. The number of hydrogen-bond acceptors (Lipinski definition) is 2. The average Bonchev–Trinajstić information content (AvgIpc) is 2.30. The minimum atomic E-state index is -0.718. The number of pyridine rings is 1. The van der Waals surface area contributed by atoms with Crippen molar-refractivity contribution >= 4 is 5.91 Å². The van der Waals surface area contributed by atoms with Crippen LogP contribution in [0, 0.1) is 11.9 Å². The van der Waals surface area contributed by atoms with Crippen LogP contribution in [0.3, 0.4) is 0 Å². The molecule has 0 saturated carbocycles. The molecule has 1 amide bonds. The second-order valence-corrected chi connectivity index (χ2v) is 3.73. The van der Waals surface area contributed by atoms with Crippen molar-refractivity contribution in [2.75, 3.05) is 6.54 Å². The van der Waals surface area contributed by atoms with Crippen LogP contribution in [0.25, 0.3) is 0 Å². The molecule has 0 saturated heterocycles. The number of hydrogen-bond donors (Lipinski definition) is 1. The van der Waals surface area contributed by atoms with E-state index in [9.17, 15) is 9.18 Å². The first-order valence-electron chi connectivity index (χ1n) is 5.57. The van der Waals surface area contributed by atoms with Crippen LogP contribution in [0.15, 0.2) is 18.3 Å². The summed E-state index contributed by atoms with van der Waals surface area (Å²) >= 11 is 0. The molecule has 1 rings (SSSR count). The van der Waals surface area contributed by atoms with Crippen LogP contribution in [-0.4, -0.2) is 17.4 Å². The Balaban J connectivity index is 2.56. The van der Waals surface area contributed by atoms with E-state index in [-0.39, 0.29) is 5.56 Å². The molecular weight excluding hydrogens is 207 g/mol. The molecule has 1 aromatic heterocycles. The van der Waals surface area contributed by atoms with Gasteiger partial charge in [0.1, 0.15) is 0 Å². The molecule has 4 heteroatoms. The topological polar surface area (TPSA) is 42.0 Å². The SMILES string of the molecule is CCC(CC)CNC(=O)c1cccnc1F. The standard InChI is InChI=1S/C12H17FN2O/c1-3-9(4-2)8-15-12(16)10-6-5-7-14-11(10)13/h5-7,9H,3-4,8H2,1-2H3,(H,15,16). The Bertz CT molecular complexity index is 351. The highest BCUT2D eigenvalue weighted by atomic mass is 19.1. The van der Waals surface area contributed by atoms with Crippen molar-refractivity contribution in [1.29, 1.82) is 0 Å². The Labute approximate surface area is 95.1 Å². The summed E-state index contributed by atoms with van der Waals surface area (Å²) in [6.45, 7) is 4.73. The molecule has 0 aliphatic rings. The lowest BCUT2D eigenvalue weighted by Gasteiger charge is -2.13. The third-order valence-electron chi connectivity index (χ3n) is 2.71. The summed E-state index contributed by atoms with van der Waals surface area (Å²) in [5.41, 5.74) is 0.00783. The normalized spacial score (nSPS) is 10.5. The maximum atomic E-state index is 13.2. The molecule has 0 fully saturated rings. The van der Waals surface area contributed by atoms with E-state index in [1.165, 1.54) is 12.3 Å². The fraction of sp³-hybridized carbons (Fsp3) is 0.500. The predicted molar refractivity (Wildman–Crippen MR) is 60.6 cm³/mol. The van der Waals surface area contributed by atoms with Crippen LogP contribution in [0.2, 0.25) is 0 Å². The van der Waals surface area contributed by atoms with E-state index in [4.69, 9.17) is 0 Å². The molecule has 1 aromatic rings. The highest BCUT2D eigenvalue weighted by Crippen LogP contribution is 2.07. The smallest absolute Gasteiger partial charge is 0.255 e. The van der Waals surface area contributed by atoms with Gasteiger partial charge in [-0.1, -0.05) is 26.7 Å². The van der Waals surface area contributed by atoms with Gasteiger partial charge in [-0.05, 0) is 18.1 Å². The molecule has 16 heavy (non-hydrogen) atoms. The fourth-order valence-corrected chi connectivity index (χ4v) is 1.47. The number of halogens is 1.